The van der Waals surface area contributed by atoms with Gasteiger partial charge in [-0.05, 0) is 36.7 Å². The second-order valence-electron chi connectivity index (χ2n) is 3.89. The first-order valence-corrected chi connectivity index (χ1v) is 5.61. The summed E-state index contributed by atoms with van der Waals surface area (Å²) in [5.41, 5.74) is 2.95. The number of aromatic nitrogens is 2. The monoisotopic (exact) mass is 249 g/mol. The minimum Gasteiger partial charge on any atom is -0.263 e. The number of nitrogens with zero attached hydrogens (tertiary/aromatic N) is 3. The summed E-state index contributed by atoms with van der Waals surface area (Å²) in [6.07, 6.45) is 0. The van der Waals surface area contributed by atoms with Crippen LogP contribution in [0.3, 0.4) is 0 Å². The molecule has 0 amide bonds. The van der Waals surface area contributed by atoms with Gasteiger partial charge in [0.25, 0.3) is 0 Å². The van der Waals surface area contributed by atoms with Crippen LogP contribution in [0.15, 0.2) is 29.4 Å². The maximum Gasteiger partial charge on any atom is 0.151 e. The van der Waals surface area contributed by atoms with Crippen LogP contribution >= 0.6 is 11.6 Å². The fourth-order valence-electron chi connectivity index (χ4n) is 1.74. The number of rotatable bonds is 3. The van der Waals surface area contributed by atoms with Gasteiger partial charge in [-0.1, -0.05) is 23.7 Å². The standard InChI is InChI=1S/C12H12ClN3O/c1-8-12(15-17)9(2)16(14-8)7-10-3-5-11(13)6-4-10/h3-6H,7H2,1-2H3. The van der Waals surface area contributed by atoms with Gasteiger partial charge >= 0.3 is 0 Å². The Morgan fingerprint density at radius 1 is 1.29 bits per heavy atom. The normalized spacial score (nSPS) is 10.5. The molecule has 1 aromatic carbocycles. The molecule has 1 aromatic heterocycles. The fraction of sp³-hybridized carbons (Fsp3) is 0.250. The summed E-state index contributed by atoms with van der Waals surface area (Å²) < 4.78 is 1.77. The molecule has 0 aliphatic carbocycles. The van der Waals surface area contributed by atoms with Crippen molar-refractivity contribution in [2.45, 2.75) is 20.4 Å². The molecule has 1 heterocycles. The molecule has 88 valence electrons. The summed E-state index contributed by atoms with van der Waals surface area (Å²) in [7, 11) is 0. The van der Waals surface area contributed by atoms with Crippen LogP contribution in [0, 0.1) is 18.8 Å². The molecule has 0 spiro atoms. The second-order valence-corrected chi connectivity index (χ2v) is 4.33. The molecule has 0 atom stereocenters. The van der Waals surface area contributed by atoms with Gasteiger partial charge in [0.05, 0.1) is 17.9 Å². The van der Waals surface area contributed by atoms with Crippen molar-refractivity contribution in [1.82, 2.24) is 9.78 Å². The van der Waals surface area contributed by atoms with E-state index >= 15 is 0 Å². The summed E-state index contributed by atoms with van der Waals surface area (Å²) in [6, 6.07) is 7.54. The van der Waals surface area contributed by atoms with Gasteiger partial charge in [0.15, 0.2) is 5.69 Å². The molecule has 0 aliphatic rings. The third-order valence-corrected chi connectivity index (χ3v) is 2.93. The molecule has 4 nitrogen and oxygen atoms in total. The minimum atomic E-state index is 0.430. The zero-order chi connectivity index (χ0) is 12.4. The number of aryl methyl sites for hydroxylation is 1. The second kappa shape index (κ2) is 4.67. The average Bonchev–Trinajstić information content (AvgIpc) is 2.57. The van der Waals surface area contributed by atoms with Gasteiger partial charge in [-0.25, -0.2) is 0 Å². The molecule has 5 heteroatoms. The molecule has 0 radical (unpaired) electrons. The van der Waals surface area contributed by atoms with Gasteiger partial charge in [0, 0.05) is 5.02 Å². The first-order valence-electron chi connectivity index (χ1n) is 5.23. The van der Waals surface area contributed by atoms with Crippen molar-refractivity contribution in [1.29, 1.82) is 0 Å². The van der Waals surface area contributed by atoms with Crippen molar-refractivity contribution in [3.8, 4) is 0 Å². The van der Waals surface area contributed by atoms with E-state index in [-0.39, 0.29) is 0 Å². The Morgan fingerprint density at radius 3 is 2.47 bits per heavy atom. The first-order chi connectivity index (χ1) is 8.11. The van der Waals surface area contributed by atoms with Gasteiger partial charge in [-0.3, -0.25) is 4.68 Å². The molecule has 0 N–H and O–H groups in total. The topological polar surface area (TPSA) is 47.2 Å². The lowest BCUT2D eigenvalue weighted by atomic mass is 10.2. The molecule has 0 unspecified atom stereocenters. The number of halogens is 1. The van der Waals surface area contributed by atoms with E-state index in [0.29, 0.717) is 22.9 Å². The minimum absolute atomic E-state index is 0.430. The molecule has 0 fully saturated rings. The summed E-state index contributed by atoms with van der Waals surface area (Å²) >= 11 is 5.82. The van der Waals surface area contributed by atoms with Gasteiger partial charge in [0.1, 0.15) is 0 Å². The summed E-state index contributed by atoms with van der Waals surface area (Å²) in [5, 5.41) is 7.99. The van der Waals surface area contributed by atoms with E-state index in [4.69, 9.17) is 11.6 Å². The Morgan fingerprint density at radius 2 is 1.94 bits per heavy atom. The zero-order valence-electron chi connectivity index (χ0n) is 9.64. The van der Waals surface area contributed by atoms with Gasteiger partial charge in [0.2, 0.25) is 0 Å². The Labute approximate surface area is 104 Å². The lowest BCUT2D eigenvalue weighted by Crippen LogP contribution is -2.03. The van der Waals surface area contributed by atoms with Gasteiger partial charge in [-0.15, -0.1) is 4.91 Å². The van der Waals surface area contributed by atoms with E-state index in [2.05, 4.69) is 10.3 Å². The molecular formula is C12H12ClN3O. The maximum absolute atomic E-state index is 10.6. The molecule has 2 aromatic rings. The molecule has 0 bridgehead atoms. The van der Waals surface area contributed by atoms with Crippen LogP contribution in [-0.2, 0) is 6.54 Å². The van der Waals surface area contributed by atoms with E-state index in [1.165, 1.54) is 0 Å². The van der Waals surface area contributed by atoms with E-state index in [1.54, 1.807) is 11.6 Å². The van der Waals surface area contributed by atoms with Crippen LogP contribution in [0.1, 0.15) is 17.0 Å². The van der Waals surface area contributed by atoms with Gasteiger partial charge < -0.3 is 0 Å². The largest absolute Gasteiger partial charge is 0.263 e. The molecule has 0 saturated heterocycles. The Balaban J connectivity index is 2.30. The highest BCUT2D eigenvalue weighted by atomic mass is 35.5. The zero-order valence-corrected chi connectivity index (χ0v) is 10.4. The number of hydrogen-bond donors (Lipinski definition) is 0. The Hall–Kier alpha value is -1.68. The highest BCUT2D eigenvalue weighted by molar-refractivity contribution is 6.30. The first kappa shape index (κ1) is 11.8. The average molecular weight is 250 g/mol. The van der Waals surface area contributed by atoms with Gasteiger partial charge in [-0.2, -0.15) is 5.10 Å². The molecule has 0 aliphatic heterocycles. The fourth-order valence-corrected chi connectivity index (χ4v) is 1.86. The SMILES string of the molecule is Cc1nn(Cc2ccc(Cl)cc2)c(C)c1N=O. The highest BCUT2D eigenvalue weighted by Gasteiger charge is 2.11. The number of benzene rings is 1. The van der Waals surface area contributed by atoms with Crippen molar-refractivity contribution >= 4 is 17.3 Å². The summed E-state index contributed by atoms with van der Waals surface area (Å²) in [6.45, 7) is 4.23. The van der Waals surface area contributed by atoms with Crippen molar-refractivity contribution in [2.24, 2.45) is 5.18 Å². The smallest absolute Gasteiger partial charge is 0.151 e. The van der Waals surface area contributed by atoms with Crippen LogP contribution < -0.4 is 0 Å². The number of nitroso groups, excluding NO2 is 1. The third kappa shape index (κ3) is 2.36. The van der Waals surface area contributed by atoms with Crippen molar-refractivity contribution < 1.29 is 0 Å². The lowest BCUT2D eigenvalue weighted by Gasteiger charge is -2.04. The van der Waals surface area contributed by atoms with Crippen molar-refractivity contribution in [3.63, 3.8) is 0 Å². The summed E-state index contributed by atoms with van der Waals surface area (Å²) in [4.78, 5) is 10.6. The Bertz CT molecular complexity index is 546. The van der Waals surface area contributed by atoms with Crippen LogP contribution in [0.2, 0.25) is 5.02 Å². The van der Waals surface area contributed by atoms with E-state index in [9.17, 15) is 4.91 Å². The molecular weight excluding hydrogens is 238 g/mol. The molecule has 2 rings (SSSR count). The maximum atomic E-state index is 10.6. The predicted molar refractivity (Wildman–Crippen MR) is 67.7 cm³/mol. The summed E-state index contributed by atoms with van der Waals surface area (Å²) in [5.74, 6) is 0. The van der Waals surface area contributed by atoms with Crippen molar-refractivity contribution in [2.75, 3.05) is 0 Å². The molecule has 17 heavy (non-hydrogen) atoms. The van der Waals surface area contributed by atoms with E-state index in [0.717, 1.165) is 11.3 Å². The Kier molecular flexibility index (Phi) is 3.24. The number of hydrogen-bond acceptors (Lipinski definition) is 3. The third-order valence-electron chi connectivity index (χ3n) is 2.68. The van der Waals surface area contributed by atoms with Crippen LogP contribution in [-0.4, -0.2) is 9.78 Å². The lowest BCUT2D eigenvalue weighted by molar-refractivity contribution is 0.659. The predicted octanol–water partition coefficient (Wildman–Crippen LogP) is 3.60. The van der Waals surface area contributed by atoms with E-state index in [1.807, 2.05) is 31.2 Å². The quantitative estimate of drug-likeness (QED) is 0.781. The van der Waals surface area contributed by atoms with E-state index < -0.39 is 0 Å². The van der Waals surface area contributed by atoms with Crippen LogP contribution in [0.4, 0.5) is 5.69 Å². The van der Waals surface area contributed by atoms with Crippen LogP contribution in [0.25, 0.3) is 0 Å². The molecule has 0 saturated carbocycles. The van der Waals surface area contributed by atoms with Crippen LogP contribution in [0.5, 0.6) is 0 Å². The highest BCUT2D eigenvalue weighted by Crippen LogP contribution is 2.23. The van der Waals surface area contributed by atoms with Crippen molar-refractivity contribution in [3.05, 3.63) is 51.1 Å².